The normalized spacial score (nSPS) is 15.8. The Hall–Kier alpha value is -0.410. The van der Waals surface area contributed by atoms with Gasteiger partial charge in [0.1, 0.15) is 0 Å². The van der Waals surface area contributed by atoms with Gasteiger partial charge in [-0.2, -0.15) is 0 Å². The maximum Gasteiger partial charge on any atom is 0.191 e. The predicted octanol–water partition coefficient (Wildman–Crippen LogP) is 3.82. The highest BCUT2D eigenvalue weighted by Crippen LogP contribution is 2.21. The Balaban J connectivity index is 0.00000338. The minimum Gasteiger partial charge on any atom is -0.357 e. The van der Waals surface area contributed by atoms with Gasteiger partial charge in [-0.1, -0.05) is 19.3 Å². The molecule has 0 bridgehead atoms. The van der Waals surface area contributed by atoms with Gasteiger partial charge in [-0.15, -0.1) is 35.3 Å². The molecule has 7 heteroatoms. The van der Waals surface area contributed by atoms with Gasteiger partial charge < -0.3 is 15.5 Å². The summed E-state index contributed by atoms with van der Waals surface area (Å²) in [5.74, 6) is 0.926. The van der Waals surface area contributed by atoms with Crippen LogP contribution in [0.5, 0.6) is 0 Å². The van der Waals surface area contributed by atoms with Gasteiger partial charge in [-0.25, -0.2) is 4.98 Å². The van der Waals surface area contributed by atoms with Crippen molar-refractivity contribution in [2.45, 2.75) is 64.8 Å². The molecule has 1 fully saturated rings. The summed E-state index contributed by atoms with van der Waals surface area (Å²) in [7, 11) is 2.28. The molecule has 0 unspecified atom stereocenters. The summed E-state index contributed by atoms with van der Waals surface area (Å²) in [5, 5.41) is 10.0. The van der Waals surface area contributed by atoms with E-state index in [1.165, 1.54) is 37.8 Å². The average molecular weight is 494 g/mol. The molecule has 26 heavy (non-hydrogen) atoms. The number of aromatic nitrogens is 1. The summed E-state index contributed by atoms with van der Waals surface area (Å²) in [6.07, 6.45) is 9.04. The fraction of sp³-hybridized carbons (Fsp3) is 0.789. The molecule has 0 saturated heterocycles. The molecule has 0 atom stereocenters. The lowest BCUT2D eigenvalue weighted by atomic mass is 9.94. The van der Waals surface area contributed by atoms with Crippen LogP contribution in [0.2, 0.25) is 0 Å². The van der Waals surface area contributed by atoms with Crippen molar-refractivity contribution in [1.82, 2.24) is 20.5 Å². The molecule has 1 saturated carbocycles. The van der Waals surface area contributed by atoms with E-state index in [-0.39, 0.29) is 24.0 Å². The molecule has 1 aromatic heterocycles. The van der Waals surface area contributed by atoms with Crippen LogP contribution in [0.15, 0.2) is 10.4 Å². The summed E-state index contributed by atoms with van der Waals surface area (Å²) in [6.45, 7) is 7.95. The molecule has 1 aliphatic carbocycles. The van der Waals surface area contributed by atoms with Gasteiger partial charge in [-0.3, -0.25) is 4.99 Å². The van der Waals surface area contributed by atoms with E-state index < -0.39 is 0 Å². The molecule has 1 aromatic rings. The van der Waals surface area contributed by atoms with Gasteiger partial charge in [0, 0.05) is 37.5 Å². The molecule has 1 aliphatic rings. The largest absolute Gasteiger partial charge is 0.357 e. The Bertz CT molecular complexity index is 514. The molecular formula is C19H36IN5S. The number of guanidine groups is 1. The van der Waals surface area contributed by atoms with Crippen LogP contribution in [0.25, 0.3) is 0 Å². The van der Waals surface area contributed by atoms with E-state index in [1.807, 2.05) is 0 Å². The second-order valence-corrected chi connectivity index (χ2v) is 7.98. The molecule has 150 valence electrons. The molecule has 0 aliphatic heterocycles. The fourth-order valence-corrected chi connectivity index (χ4v) is 4.04. The van der Waals surface area contributed by atoms with Crippen molar-refractivity contribution in [3.63, 3.8) is 0 Å². The van der Waals surface area contributed by atoms with E-state index in [0.717, 1.165) is 56.0 Å². The number of rotatable bonds is 9. The number of hydrogen-bond acceptors (Lipinski definition) is 4. The first kappa shape index (κ1) is 23.6. The van der Waals surface area contributed by atoms with Crippen LogP contribution in [0.3, 0.4) is 0 Å². The minimum absolute atomic E-state index is 0. The van der Waals surface area contributed by atoms with E-state index in [9.17, 15) is 0 Å². The topological polar surface area (TPSA) is 52.6 Å². The van der Waals surface area contributed by atoms with Gasteiger partial charge in [-0.05, 0) is 46.7 Å². The Labute approximate surface area is 180 Å². The third-order valence-electron chi connectivity index (χ3n) is 4.82. The van der Waals surface area contributed by atoms with E-state index in [0.29, 0.717) is 0 Å². The number of thiazole rings is 1. The van der Waals surface area contributed by atoms with Crippen LogP contribution >= 0.6 is 35.3 Å². The molecule has 2 rings (SSSR count). The lowest BCUT2D eigenvalue weighted by molar-refractivity contribution is 0.191. The smallest absolute Gasteiger partial charge is 0.191 e. The Morgan fingerprint density at radius 1 is 1.31 bits per heavy atom. The summed E-state index contributed by atoms with van der Waals surface area (Å²) >= 11 is 1.72. The van der Waals surface area contributed by atoms with E-state index >= 15 is 0 Å². The maximum atomic E-state index is 4.72. The van der Waals surface area contributed by atoms with Crippen LogP contribution in [0.1, 0.15) is 56.2 Å². The fourth-order valence-electron chi connectivity index (χ4n) is 3.39. The van der Waals surface area contributed by atoms with E-state index in [2.05, 4.69) is 46.8 Å². The Morgan fingerprint density at radius 3 is 2.73 bits per heavy atom. The molecule has 1 heterocycles. The third-order valence-corrected chi connectivity index (χ3v) is 5.64. The number of hydrogen-bond donors (Lipinski definition) is 2. The van der Waals surface area contributed by atoms with Crippen molar-refractivity contribution in [1.29, 1.82) is 0 Å². The first-order chi connectivity index (χ1) is 12.2. The zero-order valence-electron chi connectivity index (χ0n) is 16.6. The van der Waals surface area contributed by atoms with Crippen LogP contribution in [0, 0.1) is 6.92 Å². The summed E-state index contributed by atoms with van der Waals surface area (Å²) in [6, 6.07) is 0.797. The number of nitrogens with zero attached hydrogens (tertiary/aromatic N) is 3. The Kier molecular flexibility index (Phi) is 12.5. The standard InChI is InChI=1S/C19H35N5S.HI/c1-4-20-19(22-13-11-17-15-25-16(2)23-17)21-12-8-14-24(3)18-9-6-5-7-10-18;/h15,18H,4-14H2,1-3H3,(H2,20,21,22);1H. The van der Waals surface area contributed by atoms with E-state index in [4.69, 9.17) is 4.99 Å². The first-order valence-corrected chi connectivity index (χ1v) is 10.7. The van der Waals surface area contributed by atoms with Gasteiger partial charge in [0.2, 0.25) is 0 Å². The number of aryl methyl sites for hydroxylation is 1. The third kappa shape index (κ3) is 8.99. The SMILES string of the molecule is CCNC(=NCCCN(C)C1CCCCC1)NCCc1csc(C)n1.I. The molecule has 0 aromatic carbocycles. The average Bonchev–Trinajstić information content (AvgIpc) is 3.04. The molecule has 2 N–H and O–H groups in total. The van der Waals surface area contributed by atoms with Crippen LogP contribution in [0.4, 0.5) is 0 Å². The highest BCUT2D eigenvalue weighted by molar-refractivity contribution is 14.0. The molecule has 0 amide bonds. The van der Waals surface area contributed by atoms with Crippen molar-refractivity contribution in [2.24, 2.45) is 4.99 Å². The Morgan fingerprint density at radius 2 is 2.08 bits per heavy atom. The highest BCUT2D eigenvalue weighted by atomic mass is 127. The highest BCUT2D eigenvalue weighted by Gasteiger charge is 2.17. The second-order valence-electron chi connectivity index (χ2n) is 6.92. The van der Waals surface area contributed by atoms with Gasteiger partial charge in [0.25, 0.3) is 0 Å². The first-order valence-electron chi connectivity index (χ1n) is 9.82. The number of halogens is 1. The summed E-state index contributed by atoms with van der Waals surface area (Å²) < 4.78 is 0. The quantitative estimate of drug-likeness (QED) is 0.238. The number of aliphatic imine (C=N–C) groups is 1. The zero-order valence-corrected chi connectivity index (χ0v) is 19.7. The van der Waals surface area contributed by atoms with Crippen molar-refractivity contribution in [3.05, 3.63) is 16.1 Å². The molecule has 0 spiro atoms. The van der Waals surface area contributed by atoms with Gasteiger partial charge >= 0.3 is 0 Å². The second kappa shape index (κ2) is 13.7. The van der Waals surface area contributed by atoms with Crippen molar-refractivity contribution >= 4 is 41.3 Å². The number of nitrogens with one attached hydrogen (secondary N) is 2. The van der Waals surface area contributed by atoms with Crippen molar-refractivity contribution < 1.29 is 0 Å². The van der Waals surface area contributed by atoms with Crippen LogP contribution < -0.4 is 10.6 Å². The molecule has 5 nitrogen and oxygen atoms in total. The predicted molar refractivity (Wildman–Crippen MR) is 124 cm³/mol. The lowest BCUT2D eigenvalue weighted by Gasteiger charge is -2.31. The maximum absolute atomic E-state index is 4.72. The van der Waals surface area contributed by atoms with Crippen molar-refractivity contribution in [3.8, 4) is 0 Å². The van der Waals surface area contributed by atoms with E-state index in [1.54, 1.807) is 11.3 Å². The minimum atomic E-state index is 0. The van der Waals surface area contributed by atoms with Crippen LogP contribution in [-0.4, -0.2) is 55.1 Å². The lowest BCUT2D eigenvalue weighted by Crippen LogP contribution is -2.38. The zero-order chi connectivity index (χ0) is 17.9. The summed E-state index contributed by atoms with van der Waals surface area (Å²) in [4.78, 5) is 11.8. The monoisotopic (exact) mass is 493 g/mol. The summed E-state index contributed by atoms with van der Waals surface area (Å²) in [5.41, 5.74) is 1.17. The molecular weight excluding hydrogens is 457 g/mol. The van der Waals surface area contributed by atoms with Gasteiger partial charge in [0.15, 0.2) is 5.96 Å². The van der Waals surface area contributed by atoms with Crippen LogP contribution in [-0.2, 0) is 6.42 Å². The van der Waals surface area contributed by atoms with Gasteiger partial charge in [0.05, 0.1) is 10.7 Å². The molecule has 0 radical (unpaired) electrons. The van der Waals surface area contributed by atoms with Crippen molar-refractivity contribution in [2.75, 3.05) is 33.2 Å².